The largest absolute Gasteiger partial charge is 0.248 e. The Balaban J connectivity index is 2.19. The maximum atomic E-state index is 12.0. The molecular formula is C11H12N2O2S2. The van der Waals surface area contributed by atoms with Gasteiger partial charge in [0.25, 0.3) is 0 Å². The van der Waals surface area contributed by atoms with Crippen molar-refractivity contribution in [2.24, 2.45) is 0 Å². The molecule has 0 saturated carbocycles. The van der Waals surface area contributed by atoms with Crippen LogP contribution in [-0.4, -0.2) is 13.4 Å². The Hall–Kier alpha value is -1.24. The lowest BCUT2D eigenvalue weighted by Gasteiger charge is -2.11. The van der Waals surface area contributed by atoms with Gasteiger partial charge in [0.05, 0.1) is 10.9 Å². The van der Waals surface area contributed by atoms with Crippen molar-refractivity contribution in [2.45, 2.75) is 17.9 Å². The minimum absolute atomic E-state index is 0.267. The van der Waals surface area contributed by atoms with E-state index in [-0.39, 0.29) is 10.9 Å². The van der Waals surface area contributed by atoms with Crippen molar-refractivity contribution < 1.29 is 8.42 Å². The summed E-state index contributed by atoms with van der Waals surface area (Å²) >= 11 is 1.43. The maximum Gasteiger partial charge on any atom is 0.241 e. The zero-order valence-corrected chi connectivity index (χ0v) is 10.8. The fraction of sp³-hybridized carbons (Fsp3) is 0.182. The van der Waals surface area contributed by atoms with E-state index in [1.165, 1.54) is 11.3 Å². The summed E-state index contributed by atoms with van der Waals surface area (Å²) in [5.74, 6) is 0. The summed E-state index contributed by atoms with van der Waals surface area (Å²) in [6.07, 6.45) is 1.66. The molecule has 1 aromatic heterocycles. The molecule has 1 unspecified atom stereocenters. The second-order valence-electron chi connectivity index (χ2n) is 3.53. The van der Waals surface area contributed by atoms with Gasteiger partial charge in [-0.2, -0.15) is 0 Å². The summed E-state index contributed by atoms with van der Waals surface area (Å²) in [5.41, 5.74) is 0. The highest BCUT2D eigenvalue weighted by molar-refractivity contribution is 7.89. The summed E-state index contributed by atoms with van der Waals surface area (Å²) in [5, 5.41) is 2.58. The minimum Gasteiger partial charge on any atom is -0.248 e. The number of aromatic nitrogens is 1. The zero-order chi connectivity index (χ0) is 12.3. The van der Waals surface area contributed by atoms with E-state index in [4.69, 9.17) is 0 Å². The lowest BCUT2D eigenvalue weighted by atomic mass is 10.4. The number of hydrogen-bond donors (Lipinski definition) is 1. The van der Waals surface area contributed by atoms with E-state index in [9.17, 15) is 8.42 Å². The number of rotatable bonds is 4. The van der Waals surface area contributed by atoms with E-state index < -0.39 is 10.0 Å². The topological polar surface area (TPSA) is 59.1 Å². The molecule has 0 bridgehead atoms. The standard InChI is InChI=1S/C11H12N2O2S2/c1-9(11-12-7-8-16-11)13-17(14,15)10-5-3-2-4-6-10/h2-9,13H,1H3. The van der Waals surface area contributed by atoms with Crippen molar-refractivity contribution in [3.05, 3.63) is 46.9 Å². The summed E-state index contributed by atoms with van der Waals surface area (Å²) in [6, 6.07) is 7.99. The van der Waals surface area contributed by atoms with Gasteiger partial charge in [0.2, 0.25) is 10.0 Å². The van der Waals surface area contributed by atoms with E-state index in [2.05, 4.69) is 9.71 Å². The highest BCUT2D eigenvalue weighted by Gasteiger charge is 2.18. The van der Waals surface area contributed by atoms with E-state index >= 15 is 0 Å². The van der Waals surface area contributed by atoms with Crippen molar-refractivity contribution in [3.63, 3.8) is 0 Å². The van der Waals surface area contributed by atoms with Crippen molar-refractivity contribution in [1.29, 1.82) is 0 Å². The van der Waals surface area contributed by atoms with Crippen LogP contribution >= 0.6 is 11.3 Å². The van der Waals surface area contributed by atoms with Crippen molar-refractivity contribution in [3.8, 4) is 0 Å². The highest BCUT2D eigenvalue weighted by atomic mass is 32.2. The van der Waals surface area contributed by atoms with Crippen LogP contribution in [0.15, 0.2) is 46.8 Å². The van der Waals surface area contributed by atoms with Crippen LogP contribution in [0, 0.1) is 0 Å². The first-order valence-electron chi connectivity index (χ1n) is 5.06. The third-order valence-electron chi connectivity index (χ3n) is 2.21. The van der Waals surface area contributed by atoms with Gasteiger partial charge in [-0.1, -0.05) is 18.2 Å². The Kier molecular flexibility index (Phi) is 3.56. The van der Waals surface area contributed by atoms with Crippen LogP contribution < -0.4 is 4.72 Å². The van der Waals surface area contributed by atoms with Gasteiger partial charge in [-0.3, -0.25) is 0 Å². The molecule has 1 aromatic carbocycles. The average molecular weight is 268 g/mol. The fourth-order valence-corrected chi connectivity index (χ4v) is 3.35. The summed E-state index contributed by atoms with van der Waals surface area (Å²) in [6.45, 7) is 1.78. The van der Waals surface area contributed by atoms with E-state index in [1.54, 1.807) is 43.5 Å². The molecule has 1 atom stereocenters. The first-order chi connectivity index (χ1) is 8.09. The van der Waals surface area contributed by atoms with Gasteiger partial charge in [-0.25, -0.2) is 18.1 Å². The highest BCUT2D eigenvalue weighted by Crippen LogP contribution is 2.18. The van der Waals surface area contributed by atoms with Gasteiger partial charge in [-0.05, 0) is 19.1 Å². The van der Waals surface area contributed by atoms with Crippen LogP contribution in [0.2, 0.25) is 0 Å². The molecule has 0 spiro atoms. The maximum absolute atomic E-state index is 12.0. The molecule has 1 heterocycles. The lowest BCUT2D eigenvalue weighted by Crippen LogP contribution is -2.26. The van der Waals surface area contributed by atoms with Crippen LogP contribution in [0.25, 0.3) is 0 Å². The molecule has 0 amide bonds. The molecule has 2 aromatic rings. The number of nitrogens with one attached hydrogen (secondary N) is 1. The zero-order valence-electron chi connectivity index (χ0n) is 9.20. The number of benzene rings is 1. The summed E-state index contributed by atoms with van der Waals surface area (Å²) in [4.78, 5) is 4.35. The van der Waals surface area contributed by atoms with Crippen LogP contribution in [0.4, 0.5) is 0 Å². The molecule has 0 radical (unpaired) electrons. The molecule has 1 N–H and O–H groups in total. The number of nitrogens with zero attached hydrogens (tertiary/aromatic N) is 1. The third-order valence-corrected chi connectivity index (χ3v) is 4.72. The minimum atomic E-state index is -3.47. The molecule has 17 heavy (non-hydrogen) atoms. The SMILES string of the molecule is CC(NS(=O)(=O)c1ccccc1)c1nccs1. The lowest BCUT2D eigenvalue weighted by molar-refractivity contribution is 0.566. The van der Waals surface area contributed by atoms with Gasteiger partial charge in [-0.15, -0.1) is 11.3 Å². The Labute approximate surface area is 104 Å². The quantitative estimate of drug-likeness (QED) is 0.924. The van der Waals surface area contributed by atoms with Gasteiger partial charge < -0.3 is 0 Å². The van der Waals surface area contributed by atoms with E-state index in [1.807, 2.05) is 5.38 Å². The Bertz CT molecular complexity index is 565. The molecule has 0 saturated heterocycles. The summed E-state index contributed by atoms with van der Waals surface area (Å²) in [7, 11) is -3.47. The second kappa shape index (κ2) is 4.95. The van der Waals surface area contributed by atoms with Crippen LogP contribution in [0.3, 0.4) is 0 Å². The van der Waals surface area contributed by atoms with E-state index in [0.29, 0.717) is 0 Å². The fourth-order valence-electron chi connectivity index (χ4n) is 1.40. The molecule has 6 heteroatoms. The van der Waals surface area contributed by atoms with Crippen molar-refractivity contribution in [2.75, 3.05) is 0 Å². The molecule has 90 valence electrons. The van der Waals surface area contributed by atoms with Gasteiger partial charge in [0.1, 0.15) is 5.01 Å². The molecule has 0 fully saturated rings. The average Bonchev–Trinajstić information content (AvgIpc) is 2.83. The monoisotopic (exact) mass is 268 g/mol. The predicted molar refractivity (Wildman–Crippen MR) is 67.3 cm³/mol. The molecule has 4 nitrogen and oxygen atoms in total. The third kappa shape index (κ3) is 2.91. The molecule has 0 aliphatic carbocycles. The smallest absolute Gasteiger partial charge is 0.241 e. The van der Waals surface area contributed by atoms with Gasteiger partial charge >= 0.3 is 0 Å². The molecule has 0 aliphatic rings. The molecule has 0 aliphatic heterocycles. The van der Waals surface area contributed by atoms with Crippen molar-refractivity contribution >= 4 is 21.4 Å². The van der Waals surface area contributed by atoms with Crippen molar-refractivity contribution in [1.82, 2.24) is 9.71 Å². The summed E-state index contributed by atoms with van der Waals surface area (Å²) < 4.78 is 26.6. The first-order valence-corrected chi connectivity index (χ1v) is 7.42. The second-order valence-corrected chi connectivity index (χ2v) is 6.17. The van der Waals surface area contributed by atoms with E-state index in [0.717, 1.165) is 5.01 Å². The number of sulfonamides is 1. The Morgan fingerprint density at radius 3 is 2.59 bits per heavy atom. The van der Waals surface area contributed by atoms with Crippen LogP contribution in [0.5, 0.6) is 0 Å². The van der Waals surface area contributed by atoms with Gasteiger partial charge in [0, 0.05) is 11.6 Å². The Morgan fingerprint density at radius 1 is 1.29 bits per heavy atom. The number of thiazole rings is 1. The predicted octanol–water partition coefficient (Wildman–Crippen LogP) is 2.18. The van der Waals surface area contributed by atoms with Gasteiger partial charge in [0.15, 0.2) is 0 Å². The number of hydrogen-bond acceptors (Lipinski definition) is 4. The molecular weight excluding hydrogens is 256 g/mol. The molecule has 2 rings (SSSR count). The normalized spacial score (nSPS) is 13.5. The Morgan fingerprint density at radius 2 is 2.00 bits per heavy atom. The first kappa shape index (κ1) is 12.2. The van der Waals surface area contributed by atoms with Crippen LogP contribution in [0.1, 0.15) is 18.0 Å². The van der Waals surface area contributed by atoms with Crippen LogP contribution in [-0.2, 0) is 10.0 Å².